The third-order valence-electron chi connectivity index (χ3n) is 3.25. The van der Waals surface area contributed by atoms with Crippen molar-refractivity contribution in [3.63, 3.8) is 0 Å². The van der Waals surface area contributed by atoms with Crippen molar-refractivity contribution in [2.45, 2.75) is 46.1 Å². The van der Waals surface area contributed by atoms with E-state index in [1.165, 1.54) is 18.4 Å². The van der Waals surface area contributed by atoms with Crippen LogP contribution in [0.4, 0.5) is 0 Å². The van der Waals surface area contributed by atoms with Crippen LogP contribution in [-0.4, -0.2) is 12.6 Å². The summed E-state index contributed by atoms with van der Waals surface area (Å²) >= 11 is 3.48. The highest BCUT2D eigenvalue weighted by molar-refractivity contribution is 9.10. The molecule has 0 aromatic heterocycles. The molecule has 2 heteroatoms. The van der Waals surface area contributed by atoms with Gasteiger partial charge in [0.25, 0.3) is 0 Å². The van der Waals surface area contributed by atoms with E-state index in [0.29, 0.717) is 12.0 Å². The predicted molar refractivity (Wildman–Crippen MR) is 79.4 cm³/mol. The van der Waals surface area contributed by atoms with Gasteiger partial charge in [-0.3, -0.25) is 0 Å². The minimum atomic E-state index is 0.638. The van der Waals surface area contributed by atoms with Crippen LogP contribution >= 0.6 is 15.9 Å². The average Bonchev–Trinajstić information content (AvgIpc) is 2.33. The largest absolute Gasteiger partial charge is 0.314 e. The first-order valence-electron chi connectivity index (χ1n) is 6.65. The summed E-state index contributed by atoms with van der Waals surface area (Å²) in [4.78, 5) is 0. The van der Waals surface area contributed by atoms with E-state index in [0.717, 1.165) is 17.4 Å². The number of rotatable bonds is 7. The van der Waals surface area contributed by atoms with Crippen molar-refractivity contribution in [1.82, 2.24) is 5.32 Å². The molecule has 0 amide bonds. The maximum Gasteiger partial charge on any atom is 0.0175 e. The molecule has 1 rings (SSSR count). The maximum absolute atomic E-state index is 3.64. The second kappa shape index (κ2) is 7.88. The smallest absolute Gasteiger partial charge is 0.0175 e. The van der Waals surface area contributed by atoms with Gasteiger partial charge in [0, 0.05) is 10.5 Å². The summed E-state index contributed by atoms with van der Waals surface area (Å²) in [7, 11) is 0. The van der Waals surface area contributed by atoms with Crippen LogP contribution in [0, 0.1) is 5.92 Å². The molecule has 0 spiro atoms. The molecule has 96 valence electrons. The van der Waals surface area contributed by atoms with E-state index in [-0.39, 0.29) is 0 Å². The molecule has 0 aliphatic rings. The fraction of sp³-hybridized carbons (Fsp3) is 0.600. The molecule has 0 bridgehead atoms. The first-order chi connectivity index (χ1) is 8.17. The quantitative estimate of drug-likeness (QED) is 0.786. The summed E-state index contributed by atoms with van der Waals surface area (Å²) in [6.45, 7) is 7.96. The highest BCUT2D eigenvalue weighted by atomic mass is 79.9. The third-order valence-corrected chi connectivity index (χ3v) is 3.78. The van der Waals surface area contributed by atoms with E-state index in [1.807, 2.05) is 0 Å². The van der Waals surface area contributed by atoms with E-state index < -0.39 is 0 Å². The lowest BCUT2D eigenvalue weighted by Gasteiger charge is -2.24. The van der Waals surface area contributed by atoms with Crippen molar-refractivity contribution in [2.75, 3.05) is 6.54 Å². The van der Waals surface area contributed by atoms with Gasteiger partial charge in [0.1, 0.15) is 0 Å². The Labute approximate surface area is 114 Å². The summed E-state index contributed by atoms with van der Waals surface area (Å²) in [6.07, 6.45) is 3.57. The maximum atomic E-state index is 3.64. The minimum Gasteiger partial charge on any atom is -0.314 e. The Morgan fingerprint density at radius 3 is 2.35 bits per heavy atom. The van der Waals surface area contributed by atoms with Crippen LogP contribution in [0.25, 0.3) is 0 Å². The minimum absolute atomic E-state index is 0.638. The fourth-order valence-corrected chi connectivity index (χ4v) is 2.48. The lowest BCUT2D eigenvalue weighted by Crippen LogP contribution is -2.35. The first-order valence-corrected chi connectivity index (χ1v) is 7.44. The summed E-state index contributed by atoms with van der Waals surface area (Å²) in [5.74, 6) is 0.688. The van der Waals surface area contributed by atoms with Crippen molar-refractivity contribution < 1.29 is 0 Å². The zero-order valence-corrected chi connectivity index (χ0v) is 12.8. The molecule has 0 saturated carbocycles. The van der Waals surface area contributed by atoms with Crippen LogP contribution in [0.5, 0.6) is 0 Å². The fourth-order valence-electron chi connectivity index (χ4n) is 2.21. The van der Waals surface area contributed by atoms with E-state index in [1.54, 1.807) is 0 Å². The molecule has 17 heavy (non-hydrogen) atoms. The van der Waals surface area contributed by atoms with Gasteiger partial charge in [0.15, 0.2) is 0 Å². The van der Waals surface area contributed by atoms with Crippen molar-refractivity contribution in [2.24, 2.45) is 5.92 Å². The number of hydrogen-bond donors (Lipinski definition) is 1. The summed E-state index contributed by atoms with van der Waals surface area (Å²) < 4.78 is 1.16. The standard InChI is InChI=1S/C15H24BrN/c1-4-10-17-15(5-2)12(3)11-13-6-8-14(16)9-7-13/h6-9,12,15,17H,4-5,10-11H2,1-3H3. The van der Waals surface area contributed by atoms with Crippen molar-refractivity contribution in [3.05, 3.63) is 34.3 Å². The third kappa shape index (κ3) is 5.22. The molecule has 0 radical (unpaired) electrons. The van der Waals surface area contributed by atoms with Crippen LogP contribution in [0.15, 0.2) is 28.7 Å². The van der Waals surface area contributed by atoms with Gasteiger partial charge in [-0.15, -0.1) is 0 Å². The molecule has 1 aromatic carbocycles. The molecular weight excluding hydrogens is 274 g/mol. The zero-order valence-electron chi connectivity index (χ0n) is 11.2. The molecule has 1 aromatic rings. The van der Waals surface area contributed by atoms with Gasteiger partial charge in [0.05, 0.1) is 0 Å². The number of halogens is 1. The molecular formula is C15H24BrN. The Bertz CT molecular complexity index is 307. The summed E-state index contributed by atoms with van der Waals surface area (Å²) in [6, 6.07) is 9.32. The highest BCUT2D eigenvalue weighted by Crippen LogP contribution is 2.17. The van der Waals surface area contributed by atoms with Crippen LogP contribution in [0.1, 0.15) is 39.2 Å². The van der Waals surface area contributed by atoms with E-state index in [4.69, 9.17) is 0 Å². The van der Waals surface area contributed by atoms with E-state index in [2.05, 4.69) is 66.3 Å². The second-order valence-corrected chi connectivity index (χ2v) is 5.69. The Morgan fingerprint density at radius 1 is 1.18 bits per heavy atom. The van der Waals surface area contributed by atoms with Crippen LogP contribution in [-0.2, 0) is 6.42 Å². The average molecular weight is 298 g/mol. The topological polar surface area (TPSA) is 12.0 Å². The number of hydrogen-bond acceptors (Lipinski definition) is 1. The highest BCUT2D eigenvalue weighted by Gasteiger charge is 2.14. The van der Waals surface area contributed by atoms with Crippen LogP contribution in [0.2, 0.25) is 0 Å². The van der Waals surface area contributed by atoms with Gasteiger partial charge in [-0.2, -0.15) is 0 Å². The van der Waals surface area contributed by atoms with Gasteiger partial charge in [-0.1, -0.05) is 48.8 Å². The molecule has 1 nitrogen and oxygen atoms in total. The lowest BCUT2D eigenvalue weighted by molar-refractivity contribution is 0.364. The first kappa shape index (κ1) is 14.7. The molecule has 2 unspecified atom stereocenters. The Hall–Kier alpha value is -0.340. The summed E-state index contributed by atoms with van der Waals surface area (Å²) in [5.41, 5.74) is 1.43. The monoisotopic (exact) mass is 297 g/mol. The molecule has 1 N–H and O–H groups in total. The van der Waals surface area contributed by atoms with Crippen molar-refractivity contribution in [1.29, 1.82) is 0 Å². The Morgan fingerprint density at radius 2 is 1.82 bits per heavy atom. The Balaban J connectivity index is 2.51. The van der Waals surface area contributed by atoms with Crippen LogP contribution < -0.4 is 5.32 Å². The zero-order chi connectivity index (χ0) is 12.7. The molecule has 2 atom stereocenters. The lowest BCUT2D eigenvalue weighted by atomic mass is 9.92. The van der Waals surface area contributed by atoms with E-state index in [9.17, 15) is 0 Å². The molecule has 0 aliphatic heterocycles. The predicted octanol–water partition coefficient (Wildman–Crippen LogP) is 4.41. The molecule has 0 saturated heterocycles. The molecule has 0 fully saturated rings. The van der Waals surface area contributed by atoms with Gasteiger partial charge in [0.2, 0.25) is 0 Å². The Kier molecular flexibility index (Phi) is 6.83. The van der Waals surface area contributed by atoms with Gasteiger partial charge < -0.3 is 5.32 Å². The second-order valence-electron chi connectivity index (χ2n) is 4.78. The number of nitrogens with one attached hydrogen (secondary N) is 1. The molecule has 0 aliphatic carbocycles. The van der Waals surface area contributed by atoms with Gasteiger partial charge in [-0.05, 0) is 49.4 Å². The van der Waals surface area contributed by atoms with E-state index >= 15 is 0 Å². The van der Waals surface area contributed by atoms with Crippen LogP contribution in [0.3, 0.4) is 0 Å². The number of benzene rings is 1. The normalized spacial score (nSPS) is 14.6. The molecule has 0 heterocycles. The SMILES string of the molecule is CCCNC(CC)C(C)Cc1ccc(Br)cc1. The summed E-state index contributed by atoms with van der Waals surface area (Å²) in [5, 5.41) is 3.64. The van der Waals surface area contributed by atoms with Gasteiger partial charge >= 0.3 is 0 Å². The van der Waals surface area contributed by atoms with Crippen molar-refractivity contribution in [3.8, 4) is 0 Å². The van der Waals surface area contributed by atoms with Gasteiger partial charge in [-0.25, -0.2) is 0 Å². The van der Waals surface area contributed by atoms with Crippen molar-refractivity contribution >= 4 is 15.9 Å².